The van der Waals surface area contributed by atoms with Crippen LogP contribution in [0, 0.1) is 0 Å². The van der Waals surface area contributed by atoms with Crippen LogP contribution in [0.1, 0.15) is 74.2 Å². The number of hydrogen-bond acceptors (Lipinski definition) is 4. The first-order valence-corrected chi connectivity index (χ1v) is 13.8. The number of amides is 2. The number of nitrogens with one attached hydrogen (secondary N) is 1. The maximum absolute atomic E-state index is 13.1. The monoisotopic (exact) mass is 491 g/mol. The minimum atomic E-state index is 0.0564. The Bertz CT molecular complexity index is 983. The second-order valence-corrected chi connectivity index (χ2v) is 9.95. The average Bonchev–Trinajstić information content (AvgIpc) is 2.92. The van der Waals surface area contributed by atoms with Crippen molar-refractivity contribution in [3.05, 3.63) is 59.7 Å². The average molecular weight is 492 g/mol. The third-order valence-corrected chi connectivity index (χ3v) is 7.32. The lowest BCUT2D eigenvalue weighted by Gasteiger charge is -2.41. The number of unbranched alkanes of at least 4 members (excludes halogenated alkanes) is 3. The fraction of sp³-hybridized carbons (Fsp3) is 0.533. The molecule has 1 N–H and O–H groups in total. The first-order chi connectivity index (χ1) is 17.7. The van der Waals surface area contributed by atoms with Crippen molar-refractivity contribution < 1.29 is 14.3 Å². The van der Waals surface area contributed by atoms with Gasteiger partial charge in [0.15, 0.2) is 0 Å². The molecule has 6 nitrogen and oxygen atoms in total. The van der Waals surface area contributed by atoms with Crippen LogP contribution in [-0.4, -0.2) is 55.5 Å². The molecular weight excluding hydrogens is 450 g/mol. The molecular formula is C30H41N3O3. The number of para-hydroxylation sites is 1. The lowest BCUT2D eigenvalue weighted by Crippen LogP contribution is -2.50. The van der Waals surface area contributed by atoms with Gasteiger partial charge in [-0.2, -0.15) is 0 Å². The lowest BCUT2D eigenvalue weighted by atomic mass is 9.95. The Hall–Kier alpha value is -2.86. The smallest absolute Gasteiger partial charge is 0.253 e. The summed E-state index contributed by atoms with van der Waals surface area (Å²) < 4.78 is 5.87. The van der Waals surface area contributed by atoms with Crippen molar-refractivity contribution in [2.45, 2.75) is 70.8 Å². The summed E-state index contributed by atoms with van der Waals surface area (Å²) in [6.07, 6.45) is 8.85. The van der Waals surface area contributed by atoms with Crippen LogP contribution < -0.4 is 15.0 Å². The van der Waals surface area contributed by atoms with Gasteiger partial charge in [0.1, 0.15) is 5.75 Å². The van der Waals surface area contributed by atoms with E-state index in [2.05, 4.69) is 24.4 Å². The van der Waals surface area contributed by atoms with E-state index in [9.17, 15) is 9.59 Å². The zero-order valence-corrected chi connectivity index (χ0v) is 21.7. The van der Waals surface area contributed by atoms with E-state index in [0.29, 0.717) is 31.7 Å². The number of carbonyl (C=O) groups is 2. The van der Waals surface area contributed by atoms with E-state index in [1.807, 2.05) is 46.2 Å². The van der Waals surface area contributed by atoms with Gasteiger partial charge in [-0.15, -0.1) is 0 Å². The number of ether oxygens (including phenoxy) is 1. The van der Waals surface area contributed by atoms with Crippen LogP contribution in [0.15, 0.2) is 48.5 Å². The van der Waals surface area contributed by atoms with Crippen molar-refractivity contribution in [1.29, 1.82) is 0 Å². The number of fused-ring (bicyclic) bond motifs is 1. The normalized spacial score (nSPS) is 16.2. The number of benzene rings is 2. The zero-order valence-electron chi connectivity index (χ0n) is 21.7. The van der Waals surface area contributed by atoms with Gasteiger partial charge in [0, 0.05) is 36.8 Å². The number of aryl methyl sites for hydroxylation is 1. The topological polar surface area (TPSA) is 61.9 Å². The molecule has 194 valence electrons. The minimum absolute atomic E-state index is 0.0564. The molecule has 1 fully saturated rings. The summed E-state index contributed by atoms with van der Waals surface area (Å²) in [6.45, 7) is 6.44. The molecule has 2 heterocycles. The van der Waals surface area contributed by atoms with Crippen LogP contribution in [0.5, 0.6) is 5.75 Å². The van der Waals surface area contributed by atoms with Crippen molar-refractivity contribution in [2.24, 2.45) is 0 Å². The van der Waals surface area contributed by atoms with E-state index in [4.69, 9.17) is 4.74 Å². The molecule has 0 aliphatic carbocycles. The number of carbonyl (C=O) groups excluding carboxylic acids is 2. The van der Waals surface area contributed by atoms with Crippen molar-refractivity contribution in [3.63, 3.8) is 0 Å². The highest BCUT2D eigenvalue weighted by Gasteiger charge is 2.33. The third kappa shape index (κ3) is 6.88. The van der Waals surface area contributed by atoms with E-state index in [0.717, 1.165) is 56.6 Å². The summed E-state index contributed by atoms with van der Waals surface area (Å²) in [7, 11) is 0. The summed E-state index contributed by atoms with van der Waals surface area (Å²) in [5.74, 6) is 1.08. The molecule has 1 saturated heterocycles. The molecule has 6 heteroatoms. The number of likely N-dealkylation sites (tertiary alicyclic amines) is 1. The minimum Gasteiger partial charge on any atom is -0.494 e. The summed E-state index contributed by atoms with van der Waals surface area (Å²) in [5.41, 5.74) is 2.99. The molecule has 0 radical (unpaired) electrons. The fourth-order valence-corrected chi connectivity index (χ4v) is 5.20. The number of anilines is 1. The number of hydrogen-bond donors (Lipinski definition) is 1. The summed E-state index contributed by atoms with van der Waals surface area (Å²) >= 11 is 0. The van der Waals surface area contributed by atoms with Crippen molar-refractivity contribution in [1.82, 2.24) is 10.2 Å². The molecule has 2 aromatic rings. The SMILES string of the molecule is CCCCNCCCCCOc1ccc(C(=O)N2CCC(N3C(=O)CCc4ccccc43)CC2)cc1. The molecule has 36 heavy (non-hydrogen) atoms. The van der Waals surface area contributed by atoms with Gasteiger partial charge in [0.25, 0.3) is 5.91 Å². The molecule has 0 bridgehead atoms. The molecule has 2 amide bonds. The largest absolute Gasteiger partial charge is 0.494 e. The van der Waals surface area contributed by atoms with Gasteiger partial charge in [-0.1, -0.05) is 31.5 Å². The molecule has 2 aromatic carbocycles. The summed E-state index contributed by atoms with van der Waals surface area (Å²) in [6, 6.07) is 15.9. The highest BCUT2D eigenvalue weighted by molar-refractivity contribution is 5.97. The quantitative estimate of drug-likeness (QED) is 0.414. The molecule has 0 atom stereocenters. The van der Waals surface area contributed by atoms with Gasteiger partial charge in [-0.3, -0.25) is 9.59 Å². The van der Waals surface area contributed by atoms with Gasteiger partial charge in [-0.25, -0.2) is 0 Å². The van der Waals surface area contributed by atoms with Crippen molar-refractivity contribution >= 4 is 17.5 Å². The first-order valence-electron chi connectivity index (χ1n) is 13.8. The second-order valence-electron chi connectivity index (χ2n) is 9.95. The summed E-state index contributed by atoms with van der Waals surface area (Å²) in [5, 5.41) is 3.47. The third-order valence-electron chi connectivity index (χ3n) is 7.32. The van der Waals surface area contributed by atoms with Crippen molar-refractivity contribution in [3.8, 4) is 5.75 Å². The van der Waals surface area contributed by atoms with Gasteiger partial charge >= 0.3 is 0 Å². The van der Waals surface area contributed by atoms with Crippen LogP contribution in [-0.2, 0) is 11.2 Å². The van der Waals surface area contributed by atoms with Crippen LogP contribution in [0.25, 0.3) is 0 Å². The Morgan fingerprint density at radius 1 is 0.944 bits per heavy atom. The molecule has 0 saturated carbocycles. The Kier molecular flexibility index (Phi) is 9.79. The van der Waals surface area contributed by atoms with E-state index in [-0.39, 0.29) is 17.9 Å². The molecule has 4 rings (SSSR count). The van der Waals surface area contributed by atoms with Crippen LogP contribution in [0.4, 0.5) is 5.69 Å². The maximum Gasteiger partial charge on any atom is 0.253 e. The van der Waals surface area contributed by atoms with E-state index >= 15 is 0 Å². The number of piperidine rings is 1. The molecule has 2 aliphatic rings. The second kappa shape index (κ2) is 13.4. The standard InChI is InChI=1S/C30H41N3O3/c1-2-3-19-31-20-7-4-8-23-36-27-14-11-25(12-15-27)30(35)32-21-17-26(18-22-32)33-28-10-6-5-9-24(28)13-16-29(33)34/h5-6,9-12,14-15,26,31H,2-4,7-8,13,16-23H2,1H3. The molecule has 2 aliphatic heterocycles. The zero-order chi connectivity index (χ0) is 25.2. The van der Waals surface area contributed by atoms with Gasteiger partial charge in [0.05, 0.1) is 6.61 Å². The van der Waals surface area contributed by atoms with E-state index in [1.165, 1.54) is 24.8 Å². The Morgan fingerprint density at radius 3 is 2.47 bits per heavy atom. The first kappa shape index (κ1) is 26.2. The van der Waals surface area contributed by atoms with Crippen LogP contribution in [0.2, 0.25) is 0 Å². The van der Waals surface area contributed by atoms with E-state index < -0.39 is 0 Å². The lowest BCUT2D eigenvalue weighted by molar-refractivity contribution is -0.119. The Morgan fingerprint density at radius 2 is 1.69 bits per heavy atom. The highest BCUT2D eigenvalue weighted by atomic mass is 16.5. The molecule has 0 aromatic heterocycles. The predicted molar refractivity (Wildman–Crippen MR) is 145 cm³/mol. The van der Waals surface area contributed by atoms with Gasteiger partial charge in [0.2, 0.25) is 5.91 Å². The molecule has 0 unspecified atom stereocenters. The Balaban J connectivity index is 1.19. The Labute approximate surface area is 216 Å². The predicted octanol–water partition coefficient (Wildman–Crippen LogP) is 5.21. The van der Waals surface area contributed by atoms with Crippen molar-refractivity contribution in [2.75, 3.05) is 37.7 Å². The van der Waals surface area contributed by atoms with E-state index in [1.54, 1.807) is 0 Å². The number of rotatable bonds is 12. The van der Waals surface area contributed by atoms with Gasteiger partial charge in [-0.05, 0) is 93.9 Å². The van der Waals surface area contributed by atoms with Crippen LogP contribution in [0.3, 0.4) is 0 Å². The number of nitrogens with zero attached hydrogens (tertiary/aromatic N) is 2. The molecule has 0 spiro atoms. The summed E-state index contributed by atoms with van der Waals surface area (Å²) in [4.78, 5) is 29.7. The fourth-order valence-electron chi connectivity index (χ4n) is 5.20. The van der Waals surface area contributed by atoms with Gasteiger partial charge < -0.3 is 19.9 Å². The van der Waals surface area contributed by atoms with Crippen LogP contribution >= 0.6 is 0 Å². The highest BCUT2D eigenvalue weighted by Crippen LogP contribution is 2.32. The maximum atomic E-state index is 13.1.